The van der Waals surface area contributed by atoms with E-state index in [0.717, 1.165) is 29.7 Å². The summed E-state index contributed by atoms with van der Waals surface area (Å²) in [7, 11) is -3.24. The lowest BCUT2D eigenvalue weighted by atomic mass is 10.1. The highest BCUT2D eigenvalue weighted by Gasteiger charge is 2.23. The van der Waals surface area contributed by atoms with Gasteiger partial charge < -0.3 is 10.6 Å². The smallest absolute Gasteiger partial charge is 0.251 e. The SMILES string of the molecule is Cc1cc(C(=O)NC2CC2)ccc1Nc1nccc(-c2ccc(S(C)(=O)=O)cc2)n1. The molecular weight excluding hydrogens is 400 g/mol. The van der Waals surface area contributed by atoms with Gasteiger partial charge in [0.25, 0.3) is 5.91 Å². The highest BCUT2D eigenvalue weighted by atomic mass is 32.2. The van der Waals surface area contributed by atoms with Crippen LogP contribution in [0.3, 0.4) is 0 Å². The number of sulfone groups is 1. The summed E-state index contributed by atoms with van der Waals surface area (Å²) in [4.78, 5) is 21.3. The fraction of sp³-hybridized carbons (Fsp3) is 0.227. The van der Waals surface area contributed by atoms with Crippen molar-refractivity contribution in [2.45, 2.75) is 30.7 Å². The van der Waals surface area contributed by atoms with Gasteiger partial charge in [0.05, 0.1) is 10.6 Å². The number of aromatic nitrogens is 2. The van der Waals surface area contributed by atoms with E-state index in [9.17, 15) is 13.2 Å². The van der Waals surface area contributed by atoms with Crippen LogP contribution in [0.2, 0.25) is 0 Å². The van der Waals surface area contributed by atoms with Crippen molar-refractivity contribution >= 4 is 27.4 Å². The molecule has 2 aromatic carbocycles. The minimum absolute atomic E-state index is 0.0528. The Morgan fingerprint density at radius 3 is 2.43 bits per heavy atom. The quantitative estimate of drug-likeness (QED) is 0.631. The normalized spacial score (nSPS) is 13.7. The van der Waals surface area contributed by atoms with Gasteiger partial charge in [0.2, 0.25) is 5.95 Å². The van der Waals surface area contributed by atoms with Crippen molar-refractivity contribution < 1.29 is 13.2 Å². The summed E-state index contributed by atoms with van der Waals surface area (Å²) in [6.45, 7) is 1.92. The van der Waals surface area contributed by atoms with Crippen LogP contribution in [0.1, 0.15) is 28.8 Å². The fourth-order valence-electron chi connectivity index (χ4n) is 3.01. The number of aryl methyl sites for hydroxylation is 1. The fourth-order valence-corrected chi connectivity index (χ4v) is 3.65. The predicted octanol–water partition coefficient (Wildman–Crippen LogP) is 3.49. The number of carbonyl (C=O) groups is 1. The largest absolute Gasteiger partial charge is 0.349 e. The van der Waals surface area contributed by atoms with Crippen molar-refractivity contribution in [2.75, 3.05) is 11.6 Å². The molecule has 2 N–H and O–H groups in total. The molecule has 0 radical (unpaired) electrons. The lowest BCUT2D eigenvalue weighted by Gasteiger charge is -2.11. The second kappa shape index (κ2) is 7.87. The molecule has 1 amide bonds. The number of benzene rings is 2. The van der Waals surface area contributed by atoms with Gasteiger partial charge in [-0.3, -0.25) is 4.79 Å². The molecule has 1 heterocycles. The number of anilines is 2. The molecule has 0 bridgehead atoms. The molecule has 30 heavy (non-hydrogen) atoms. The molecule has 7 nitrogen and oxygen atoms in total. The molecule has 1 aromatic heterocycles. The average molecular weight is 423 g/mol. The van der Waals surface area contributed by atoms with Crippen LogP contribution in [0.5, 0.6) is 0 Å². The van der Waals surface area contributed by atoms with Crippen LogP contribution in [0.15, 0.2) is 59.6 Å². The molecule has 154 valence electrons. The van der Waals surface area contributed by atoms with E-state index < -0.39 is 9.84 Å². The number of carbonyl (C=O) groups excluding carboxylic acids is 1. The number of nitrogens with zero attached hydrogens (tertiary/aromatic N) is 2. The summed E-state index contributed by atoms with van der Waals surface area (Å²) in [5.74, 6) is 0.362. The molecular formula is C22H22N4O3S. The zero-order chi connectivity index (χ0) is 21.3. The van der Waals surface area contributed by atoms with E-state index in [1.54, 1.807) is 42.6 Å². The number of nitrogens with one attached hydrogen (secondary N) is 2. The topological polar surface area (TPSA) is 101 Å². The van der Waals surface area contributed by atoms with Gasteiger partial charge in [-0.15, -0.1) is 0 Å². The molecule has 0 unspecified atom stereocenters. The van der Waals surface area contributed by atoms with Crippen molar-refractivity contribution in [2.24, 2.45) is 0 Å². The Kier molecular flexibility index (Phi) is 5.26. The molecule has 1 aliphatic rings. The van der Waals surface area contributed by atoms with Crippen molar-refractivity contribution in [3.8, 4) is 11.3 Å². The van der Waals surface area contributed by atoms with Gasteiger partial charge in [-0.1, -0.05) is 12.1 Å². The lowest BCUT2D eigenvalue weighted by Crippen LogP contribution is -2.25. The first-order chi connectivity index (χ1) is 14.3. The van der Waals surface area contributed by atoms with Crippen LogP contribution >= 0.6 is 0 Å². The maximum Gasteiger partial charge on any atom is 0.251 e. The second-order valence-corrected chi connectivity index (χ2v) is 9.48. The van der Waals surface area contributed by atoms with Crippen LogP contribution in [0.4, 0.5) is 11.6 Å². The van der Waals surface area contributed by atoms with Gasteiger partial charge in [0, 0.05) is 35.3 Å². The summed E-state index contributed by atoms with van der Waals surface area (Å²) in [5, 5.41) is 6.17. The second-order valence-electron chi connectivity index (χ2n) is 7.46. The van der Waals surface area contributed by atoms with E-state index in [1.165, 1.54) is 6.26 Å². The number of hydrogen-bond donors (Lipinski definition) is 2. The van der Waals surface area contributed by atoms with Gasteiger partial charge in [-0.2, -0.15) is 0 Å². The number of rotatable bonds is 6. The molecule has 1 saturated carbocycles. The van der Waals surface area contributed by atoms with E-state index >= 15 is 0 Å². The lowest BCUT2D eigenvalue weighted by molar-refractivity contribution is 0.0951. The Balaban J connectivity index is 1.52. The van der Waals surface area contributed by atoms with Crippen LogP contribution in [-0.2, 0) is 9.84 Å². The molecule has 1 aliphatic carbocycles. The Morgan fingerprint density at radius 2 is 1.80 bits per heavy atom. The Morgan fingerprint density at radius 1 is 1.07 bits per heavy atom. The molecule has 3 aromatic rings. The van der Waals surface area contributed by atoms with Crippen molar-refractivity contribution in [3.05, 3.63) is 65.9 Å². The Hall–Kier alpha value is -3.26. The van der Waals surface area contributed by atoms with Gasteiger partial charge >= 0.3 is 0 Å². The summed E-state index contributed by atoms with van der Waals surface area (Å²) in [5.41, 5.74) is 3.81. The van der Waals surface area contributed by atoms with Crippen molar-refractivity contribution in [1.29, 1.82) is 0 Å². The minimum atomic E-state index is -3.24. The monoisotopic (exact) mass is 422 g/mol. The molecule has 8 heteroatoms. The van der Waals surface area contributed by atoms with Gasteiger partial charge in [0.1, 0.15) is 0 Å². The summed E-state index contributed by atoms with van der Waals surface area (Å²) in [6.07, 6.45) is 4.92. The van der Waals surface area contributed by atoms with Crippen LogP contribution in [-0.4, -0.2) is 36.6 Å². The molecule has 0 aliphatic heterocycles. The maximum atomic E-state index is 12.2. The van der Waals surface area contributed by atoms with Crippen molar-refractivity contribution in [3.63, 3.8) is 0 Å². The number of hydrogen-bond acceptors (Lipinski definition) is 6. The van der Waals surface area contributed by atoms with E-state index in [2.05, 4.69) is 20.6 Å². The third-order valence-corrected chi connectivity index (χ3v) is 6.01. The third kappa shape index (κ3) is 4.65. The highest BCUT2D eigenvalue weighted by molar-refractivity contribution is 7.90. The van der Waals surface area contributed by atoms with Crippen molar-refractivity contribution in [1.82, 2.24) is 15.3 Å². The van der Waals surface area contributed by atoms with Crippen LogP contribution in [0, 0.1) is 6.92 Å². The van der Waals surface area contributed by atoms with E-state index in [0.29, 0.717) is 23.2 Å². The zero-order valence-corrected chi connectivity index (χ0v) is 17.5. The number of amides is 1. The Bertz CT molecular complexity index is 1200. The van der Waals surface area contributed by atoms with Gasteiger partial charge in [-0.05, 0) is 61.7 Å². The average Bonchev–Trinajstić information content (AvgIpc) is 3.53. The first-order valence-corrected chi connectivity index (χ1v) is 11.5. The predicted molar refractivity (Wildman–Crippen MR) is 116 cm³/mol. The van der Waals surface area contributed by atoms with Gasteiger partial charge in [-0.25, -0.2) is 18.4 Å². The van der Waals surface area contributed by atoms with Crippen LogP contribution in [0.25, 0.3) is 11.3 Å². The van der Waals surface area contributed by atoms with E-state index in [4.69, 9.17) is 0 Å². The molecule has 1 fully saturated rings. The highest BCUT2D eigenvalue weighted by Crippen LogP contribution is 2.24. The van der Waals surface area contributed by atoms with E-state index in [1.807, 2.05) is 19.1 Å². The standard InChI is InChI=1S/C22H22N4O3S/c1-14-13-16(21(27)24-17-6-7-17)5-10-19(14)25-22-23-12-11-20(26-22)15-3-8-18(9-4-15)30(2,28)29/h3-5,8-13,17H,6-7H2,1-2H3,(H,24,27)(H,23,25,26). The maximum absolute atomic E-state index is 12.2. The molecule has 4 rings (SSSR count). The minimum Gasteiger partial charge on any atom is -0.349 e. The first kappa shape index (κ1) is 20.0. The molecule has 0 saturated heterocycles. The molecule has 0 spiro atoms. The summed E-state index contributed by atoms with van der Waals surface area (Å²) >= 11 is 0. The third-order valence-electron chi connectivity index (χ3n) is 4.88. The molecule has 0 atom stereocenters. The van der Waals surface area contributed by atoms with Crippen LogP contribution < -0.4 is 10.6 Å². The first-order valence-electron chi connectivity index (χ1n) is 9.62. The summed E-state index contributed by atoms with van der Waals surface area (Å²) < 4.78 is 23.3. The Labute approximate surface area is 175 Å². The summed E-state index contributed by atoms with van der Waals surface area (Å²) in [6, 6.07) is 14.1. The van der Waals surface area contributed by atoms with E-state index in [-0.39, 0.29) is 10.8 Å². The zero-order valence-electron chi connectivity index (χ0n) is 16.7. The van der Waals surface area contributed by atoms with Gasteiger partial charge in [0.15, 0.2) is 9.84 Å².